The lowest BCUT2D eigenvalue weighted by Crippen LogP contribution is -2.61. The van der Waals surface area contributed by atoms with Gasteiger partial charge in [-0.15, -0.1) is 0 Å². The van der Waals surface area contributed by atoms with E-state index in [0.29, 0.717) is 0 Å². The number of hydrogen-bond acceptors (Lipinski definition) is 13. The van der Waals surface area contributed by atoms with Crippen LogP contribution in [0.1, 0.15) is 57.7 Å². The molecule has 3 aliphatic rings. The van der Waals surface area contributed by atoms with Crippen molar-refractivity contribution in [3.63, 3.8) is 0 Å². The van der Waals surface area contributed by atoms with E-state index in [9.17, 15) is 45.3 Å². The van der Waals surface area contributed by atoms with Gasteiger partial charge in [-0.1, -0.05) is 6.58 Å². The van der Waals surface area contributed by atoms with Gasteiger partial charge in [0.2, 0.25) is 6.29 Å². The molecule has 2 aromatic carbocycles. The Bertz CT molecular complexity index is 1470. The van der Waals surface area contributed by atoms with Gasteiger partial charge in [0.15, 0.2) is 11.6 Å². The van der Waals surface area contributed by atoms with E-state index in [1.54, 1.807) is 13.8 Å². The summed E-state index contributed by atoms with van der Waals surface area (Å²) in [6.07, 6.45) is -12.3. The highest BCUT2D eigenvalue weighted by atomic mass is 16.7. The van der Waals surface area contributed by atoms with E-state index < -0.39 is 79.2 Å². The molecule has 1 aliphatic carbocycles. The summed E-state index contributed by atoms with van der Waals surface area (Å²) in [5.74, 6) is -2.15. The molecule has 0 amide bonds. The molecular weight excluding hydrogens is 580 g/mol. The second kappa shape index (κ2) is 12.2. The quantitative estimate of drug-likeness (QED) is 0.176. The van der Waals surface area contributed by atoms with Crippen molar-refractivity contribution in [2.45, 2.75) is 82.3 Å². The van der Waals surface area contributed by atoms with E-state index in [1.165, 1.54) is 31.2 Å². The molecule has 238 valence electrons. The second-order valence-electron chi connectivity index (χ2n) is 11.5. The van der Waals surface area contributed by atoms with Gasteiger partial charge >= 0.3 is 0 Å². The van der Waals surface area contributed by atoms with Crippen LogP contribution in [0.25, 0.3) is 0 Å². The molecule has 2 fully saturated rings. The van der Waals surface area contributed by atoms with Gasteiger partial charge in [-0.25, -0.2) is 0 Å². The first-order chi connectivity index (χ1) is 20.7. The predicted molar refractivity (Wildman–Crippen MR) is 150 cm³/mol. The Morgan fingerprint density at radius 1 is 0.886 bits per heavy atom. The number of hydrogen-bond donors (Lipinski definition) is 7. The fraction of sp³-hybridized carbons (Fsp3) is 0.484. The van der Waals surface area contributed by atoms with Gasteiger partial charge in [0.25, 0.3) is 0 Å². The Labute approximate surface area is 252 Å². The largest absolute Gasteiger partial charge is 0.508 e. The van der Waals surface area contributed by atoms with Crippen molar-refractivity contribution in [3.8, 4) is 17.2 Å². The van der Waals surface area contributed by atoms with E-state index in [1.807, 2.05) is 0 Å². The van der Waals surface area contributed by atoms with E-state index in [-0.39, 0.29) is 57.2 Å². The number of aliphatic hydroxyl groups is 6. The number of ketones is 2. The SMILES string of the molecule is C=C(C)Oc1c(C)c(OC2OC(CO)C(CC3OC(C)C(O)C(O)C3O)C(O)C2O)cc2c1C(=O)c1ccc(O)cc1C2=O. The summed E-state index contributed by atoms with van der Waals surface area (Å²) in [7, 11) is 0. The molecule has 7 N–H and O–H groups in total. The van der Waals surface area contributed by atoms with Gasteiger partial charge in [0, 0.05) is 28.2 Å². The van der Waals surface area contributed by atoms with Crippen LogP contribution in [0.15, 0.2) is 36.6 Å². The monoisotopic (exact) mass is 616 g/mol. The Hall–Kier alpha value is -3.40. The number of phenolic OH excluding ortho intramolecular Hbond substituents is 1. The van der Waals surface area contributed by atoms with Crippen LogP contribution in [-0.2, 0) is 9.47 Å². The van der Waals surface area contributed by atoms with Gasteiger partial charge in [0.05, 0.1) is 42.3 Å². The van der Waals surface area contributed by atoms with E-state index in [0.717, 1.165) is 0 Å². The molecule has 0 aromatic heterocycles. The average Bonchev–Trinajstić information content (AvgIpc) is 2.98. The molecule has 13 nitrogen and oxygen atoms in total. The normalized spacial score (nSPS) is 33.4. The number of aliphatic hydroxyl groups excluding tert-OH is 6. The zero-order valence-corrected chi connectivity index (χ0v) is 24.3. The smallest absolute Gasteiger partial charge is 0.229 e. The Balaban J connectivity index is 1.45. The molecular formula is C31H36O13. The van der Waals surface area contributed by atoms with Gasteiger partial charge in [-0.2, -0.15) is 0 Å². The lowest BCUT2D eigenvalue weighted by atomic mass is 9.81. The van der Waals surface area contributed by atoms with E-state index >= 15 is 0 Å². The number of rotatable bonds is 7. The van der Waals surface area contributed by atoms with Crippen molar-refractivity contribution in [1.82, 2.24) is 0 Å². The minimum Gasteiger partial charge on any atom is -0.508 e. The van der Waals surface area contributed by atoms with Crippen molar-refractivity contribution >= 4 is 11.6 Å². The molecule has 2 saturated heterocycles. The molecule has 0 radical (unpaired) electrons. The van der Waals surface area contributed by atoms with Crippen LogP contribution in [0.3, 0.4) is 0 Å². The van der Waals surface area contributed by atoms with Gasteiger partial charge in [-0.3, -0.25) is 9.59 Å². The first kappa shape index (κ1) is 32.0. The van der Waals surface area contributed by atoms with Crippen molar-refractivity contribution in [2.75, 3.05) is 6.61 Å². The highest BCUT2D eigenvalue weighted by Gasteiger charge is 2.50. The van der Waals surface area contributed by atoms with E-state index in [2.05, 4.69) is 6.58 Å². The Morgan fingerprint density at radius 3 is 2.25 bits per heavy atom. The maximum Gasteiger partial charge on any atom is 0.229 e. The highest BCUT2D eigenvalue weighted by molar-refractivity contribution is 6.29. The number of phenols is 1. The van der Waals surface area contributed by atoms with Crippen LogP contribution in [0.4, 0.5) is 0 Å². The third-order valence-electron chi connectivity index (χ3n) is 8.45. The van der Waals surface area contributed by atoms with Crippen molar-refractivity contribution in [1.29, 1.82) is 0 Å². The van der Waals surface area contributed by atoms with Crippen molar-refractivity contribution < 1.29 is 64.3 Å². The summed E-state index contributed by atoms with van der Waals surface area (Å²) in [5.41, 5.74) is 0.181. The van der Waals surface area contributed by atoms with Crippen LogP contribution in [0, 0.1) is 12.8 Å². The third-order valence-corrected chi connectivity index (χ3v) is 8.45. The number of benzene rings is 2. The summed E-state index contributed by atoms with van der Waals surface area (Å²) in [6, 6.07) is 5.11. The maximum atomic E-state index is 13.5. The first-order valence-corrected chi connectivity index (χ1v) is 14.2. The summed E-state index contributed by atoms with van der Waals surface area (Å²) in [6.45, 7) is 7.71. The zero-order valence-electron chi connectivity index (χ0n) is 24.3. The van der Waals surface area contributed by atoms with E-state index in [4.69, 9.17) is 18.9 Å². The van der Waals surface area contributed by atoms with Crippen LogP contribution in [0.5, 0.6) is 17.2 Å². The highest BCUT2D eigenvalue weighted by Crippen LogP contribution is 2.43. The summed E-state index contributed by atoms with van der Waals surface area (Å²) in [4.78, 5) is 27.0. The van der Waals surface area contributed by atoms with Crippen LogP contribution in [0.2, 0.25) is 0 Å². The molecule has 0 saturated carbocycles. The third kappa shape index (κ3) is 5.50. The molecule has 2 heterocycles. The molecule has 44 heavy (non-hydrogen) atoms. The molecule has 2 aliphatic heterocycles. The molecule has 13 heteroatoms. The number of fused-ring (bicyclic) bond motifs is 2. The zero-order chi connectivity index (χ0) is 32.2. The van der Waals surface area contributed by atoms with Crippen LogP contribution in [-0.4, -0.2) is 109 Å². The lowest BCUT2D eigenvalue weighted by molar-refractivity contribution is -0.276. The standard InChI is InChI=1S/C31H36O13/c1-11(2)41-30-12(3)19(9-18-22(30)25(36)15-6-5-14(33)7-16(15)24(18)35)43-31-29(40)26(37)17(21(10-32)44-31)8-20-27(38)28(39)23(34)13(4)42-20/h5-7,9,13,17,20-21,23,26-29,31-34,37-40H,1,8,10H2,2-4H3. The number of allylic oxidation sites excluding steroid dienone is 1. The molecule has 10 atom stereocenters. The Morgan fingerprint density at radius 2 is 1.59 bits per heavy atom. The van der Waals surface area contributed by atoms with Gasteiger partial charge < -0.3 is 54.7 Å². The fourth-order valence-corrected chi connectivity index (χ4v) is 6.04. The lowest BCUT2D eigenvalue weighted by Gasteiger charge is -2.46. The molecule has 2 aromatic rings. The number of carbonyl (C=O) groups is 2. The van der Waals surface area contributed by atoms with Crippen molar-refractivity contribution in [3.05, 3.63) is 64.4 Å². The summed E-state index contributed by atoms with van der Waals surface area (Å²) < 4.78 is 23.2. The molecule has 10 unspecified atom stereocenters. The van der Waals surface area contributed by atoms with Crippen molar-refractivity contribution in [2.24, 2.45) is 5.92 Å². The van der Waals surface area contributed by atoms with Crippen LogP contribution < -0.4 is 9.47 Å². The number of ether oxygens (including phenoxy) is 4. The summed E-state index contributed by atoms with van der Waals surface area (Å²) >= 11 is 0. The predicted octanol–water partition coefficient (Wildman–Crippen LogP) is 0.0825. The minimum atomic E-state index is -1.70. The number of carbonyl (C=O) groups excluding carboxylic acids is 2. The molecule has 0 bridgehead atoms. The molecule has 0 spiro atoms. The first-order valence-electron chi connectivity index (χ1n) is 14.2. The fourth-order valence-electron chi connectivity index (χ4n) is 6.04. The van der Waals surface area contributed by atoms with Gasteiger partial charge in [0.1, 0.15) is 41.7 Å². The molecule has 5 rings (SSSR count). The Kier molecular flexibility index (Phi) is 8.86. The minimum absolute atomic E-state index is 0.0113. The topological polar surface area (TPSA) is 213 Å². The maximum absolute atomic E-state index is 13.5. The second-order valence-corrected chi connectivity index (χ2v) is 11.5. The summed E-state index contributed by atoms with van der Waals surface area (Å²) in [5, 5.41) is 72.9. The number of aromatic hydroxyl groups is 1. The average molecular weight is 617 g/mol. The van der Waals surface area contributed by atoms with Crippen LogP contribution >= 0.6 is 0 Å². The van der Waals surface area contributed by atoms with Gasteiger partial charge in [-0.05, 0) is 51.5 Å².